The number of nitrogens with zero attached hydrogens (tertiary/aromatic N) is 2. The van der Waals surface area contributed by atoms with E-state index in [1.807, 2.05) is 24.3 Å². The Balaban J connectivity index is 2.31. The predicted molar refractivity (Wildman–Crippen MR) is 133 cm³/mol. The Labute approximate surface area is 192 Å². The van der Waals surface area contributed by atoms with Crippen molar-refractivity contribution in [2.75, 3.05) is 36.5 Å². The van der Waals surface area contributed by atoms with Gasteiger partial charge in [-0.3, -0.25) is 9.69 Å². The van der Waals surface area contributed by atoms with E-state index in [1.165, 1.54) is 0 Å². The quantitative estimate of drug-likeness (QED) is 0.425. The van der Waals surface area contributed by atoms with Crippen LogP contribution in [0.1, 0.15) is 52.0 Å². The van der Waals surface area contributed by atoms with Crippen LogP contribution in [0, 0.1) is 0 Å². The third kappa shape index (κ3) is 7.01. The van der Waals surface area contributed by atoms with Gasteiger partial charge in [0.1, 0.15) is 0 Å². The van der Waals surface area contributed by atoms with Crippen molar-refractivity contribution in [3.05, 3.63) is 48.0 Å². The maximum Gasteiger partial charge on any atom is 0.321 e. The van der Waals surface area contributed by atoms with Crippen LogP contribution in [-0.4, -0.2) is 43.8 Å². The van der Waals surface area contributed by atoms with E-state index in [0.717, 1.165) is 60.4 Å². The lowest BCUT2D eigenvalue weighted by atomic mass is 9.98. The molecule has 0 spiro atoms. The van der Waals surface area contributed by atoms with Crippen molar-refractivity contribution < 1.29 is 14.7 Å². The highest BCUT2D eigenvalue weighted by Gasteiger charge is 2.15. The summed E-state index contributed by atoms with van der Waals surface area (Å²) in [7, 11) is 1.79. The lowest BCUT2D eigenvalue weighted by Gasteiger charge is -2.26. The molecule has 0 radical (unpaired) electrons. The summed E-state index contributed by atoms with van der Waals surface area (Å²) in [5, 5.41) is 12.0. The molecule has 6 heteroatoms. The first-order valence-electron chi connectivity index (χ1n) is 11.6. The Bertz CT molecular complexity index is 894. The summed E-state index contributed by atoms with van der Waals surface area (Å²) in [5.41, 5.74) is 5.03. The Morgan fingerprint density at radius 2 is 1.75 bits per heavy atom. The van der Waals surface area contributed by atoms with Gasteiger partial charge in [-0.05, 0) is 56.0 Å². The molecule has 0 unspecified atom stereocenters. The van der Waals surface area contributed by atoms with Crippen molar-refractivity contribution in [3.63, 3.8) is 0 Å². The first-order chi connectivity index (χ1) is 15.4. The van der Waals surface area contributed by atoms with E-state index >= 15 is 0 Å². The topological polar surface area (TPSA) is 72.9 Å². The number of benzene rings is 2. The lowest BCUT2D eigenvalue weighted by Crippen LogP contribution is -2.37. The van der Waals surface area contributed by atoms with Crippen LogP contribution in [0.3, 0.4) is 0 Å². The molecule has 2 amide bonds. The first-order valence-corrected chi connectivity index (χ1v) is 11.6. The minimum Gasteiger partial charge on any atom is -0.481 e. The highest BCUT2D eigenvalue weighted by molar-refractivity contribution is 5.92. The van der Waals surface area contributed by atoms with E-state index in [9.17, 15) is 9.59 Å². The van der Waals surface area contributed by atoms with Gasteiger partial charge in [0.15, 0.2) is 0 Å². The molecule has 0 atom stereocenters. The molecular weight excluding hydrogens is 402 g/mol. The summed E-state index contributed by atoms with van der Waals surface area (Å²) in [5.74, 6) is -0.790. The zero-order valence-corrected chi connectivity index (χ0v) is 19.9. The molecule has 2 rings (SSSR count). The van der Waals surface area contributed by atoms with E-state index in [0.29, 0.717) is 13.0 Å². The molecule has 0 bridgehead atoms. The fourth-order valence-corrected chi connectivity index (χ4v) is 3.74. The monoisotopic (exact) mass is 439 g/mol. The number of aryl methyl sites for hydroxylation is 1. The second kappa shape index (κ2) is 12.7. The third-order valence-electron chi connectivity index (χ3n) is 5.70. The number of aliphatic carboxylic acids is 1. The Hall–Kier alpha value is -3.02. The number of nitrogens with one attached hydrogen (secondary N) is 1. The summed E-state index contributed by atoms with van der Waals surface area (Å²) in [6.45, 7) is 8.76. The molecule has 6 nitrogen and oxygen atoms in total. The number of urea groups is 1. The van der Waals surface area contributed by atoms with E-state index in [2.05, 4.69) is 49.2 Å². The van der Waals surface area contributed by atoms with Gasteiger partial charge in [-0.15, -0.1) is 0 Å². The molecule has 2 N–H and O–H groups in total. The van der Waals surface area contributed by atoms with E-state index in [4.69, 9.17) is 5.11 Å². The molecule has 0 fully saturated rings. The van der Waals surface area contributed by atoms with Crippen LogP contribution >= 0.6 is 0 Å². The number of hydrogen-bond acceptors (Lipinski definition) is 3. The molecule has 0 saturated carbocycles. The van der Waals surface area contributed by atoms with Crippen LogP contribution in [-0.2, 0) is 11.2 Å². The first kappa shape index (κ1) is 25.2. The Morgan fingerprint density at radius 1 is 1.00 bits per heavy atom. The molecule has 0 aromatic heterocycles. The number of carbonyl (C=O) groups is 2. The van der Waals surface area contributed by atoms with Gasteiger partial charge in [0.2, 0.25) is 0 Å². The average molecular weight is 440 g/mol. The van der Waals surface area contributed by atoms with Gasteiger partial charge in [-0.2, -0.15) is 0 Å². The number of carbonyl (C=O) groups excluding carboxylic acids is 1. The van der Waals surface area contributed by atoms with Crippen molar-refractivity contribution in [2.24, 2.45) is 0 Å². The average Bonchev–Trinajstić information content (AvgIpc) is 2.81. The van der Waals surface area contributed by atoms with Crippen LogP contribution in [0.2, 0.25) is 0 Å². The van der Waals surface area contributed by atoms with Crippen molar-refractivity contribution >= 4 is 23.4 Å². The number of rotatable bonds is 12. The summed E-state index contributed by atoms with van der Waals surface area (Å²) in [6, 6.07) is 14.1. The molecular formula is C26H37N3O3. The third-order valence-corrected chi connectivity index (χ3v) is 5.70. The van der Waals surface area contributed by atoms with Gasteiger partial charge < -0.3 is 15.3 Å². The van der Waals surface area contributed by atoms with Crippen molar-refractivity contribution in [3.8, 4) is 11.1 Å². The molecule has 0 heterocycles. The van der Waals surface area contributed by atoms with E-state index in [-0.39, 0.29) is 12.5 Å². The second-order valence-corrected chi connectivity index (χ2v) is 7.97. The molecule has 32 heavy (non-hydrogen) atoms. The lowest BCUT2D eigenvalue weighted by molar-refractivity contribution is -0.136. The molecule has 0 saturated heterocycles. The minimum atomic E-state index is -0.790. The van der Waals surface area contributed by atoms with Gasteiger partial charge in [0.25, 0.3) is 0 Å². The standard InChI is InChI=1S/C26H37N3O3/c1-5-8-9-17-27-26(32)28(4)22-12-10-11-21(19-22)23-15-13-20(14-16-25(30)31)18-24(23)29(6-2)7-3/h10-13,15,18-19H,5-9,14,16-17H2,1-4H3,(H,27,32)(H,30,31). The smallest absolute Gasteiger partial charge is 0.321 e. The van der Waals surface area contributed by atoms with Gasteiger partial charge in [0.05, 0.1) is 0 Å². The maximum absolute atomic E-state index is 12.6. The molecule has 0 aliphatic heterocycles. The Morgan fingerprint density at radius 3 is 2.41 bits per heavy atom. The highest BCUT2D eigenvalue weighted by atomic mass is 16.4. The fraction of sp³-hybridized carbons (Fsp3) is 0.462. The number of carboxylic acids is 1. The molecule has 2 aromatic rings. The van der Waals surface area contributed by atoms with Crippen molar-refractivity contribution in [1.29, 1.82) is 0 Å². The zero-order valence-electron chi connectivity index (χ0n) is 19.9. The SMILES string of the molecule is CCCCCNC(=O)N(C)c1cccc(-c2ccc(CCC(=O)O)cc2N(CC)CC)c1. The van der Waals surface area contributed by atoms with Gasteiger partial charge in [-0.1, -0.05) is 44.0 Å². The van der Waals surface area contributed by atoms with Gasteiger partial charge >= 0.3 is 12.0 Å². The summed E-state index contributed by atoms with van der Waals surface area (Å²) in [6.07, 6.45) is 3.83. The van der Waals surface area contributed by atoms with Crippen LogP contribution in [0.25, 0.3) is 11.1 Å². The summed E-state index contributed by atoms with van der Waals surface area (Å²) in [4.78, 5) is 27.5. The number of hydrogen-bond donors (Lipinski definition) is 2. The van der Waals surface area contributed by atoms with Crippen LogP contribution < -0.4 is 15.1 Å². The number of unbranched alkanes of at least 4 members (excludes halogenated alkanes) is 2. The van der Waals surface area contributed by atoms with Crippen LogP contribution in [0.5, 0.6) is 0 Å². The molecule has 0 aliphatic rings. The minimum absolute atomic E-state index is 0.105. The molecule has 0 aliphatic carbocycles. The number of carboxylic acid groups (broad SMARTS) is 1. The largest absolute Gasteiger partial charge is 0.481 e. The van der Waals surface area contributed by atoms with Crippen molar-refractivity contribution in [2.45, 2.75) is 52.9 Å². The van der Waals surface area contributed by atoms with Crippen LogP contribution in [0.15, 0.2) is 42.5 Å². The Kier molecular flexibility index (Phi) is 10.1. The number of amides is 2. The summed E-state index contributed by atoms with van der Waals surface area (Å²) >= 11 is 0. The maximum atomic E-state index is 12.6. The van der Waals surface area contributed by atoms with E-state index in [1.54, 1.807) is 11.9 Å². The molecule has 2 aromatic carbocycles. The molecule has 174 valence electrons. The van der Waals surface area contributed by atoms with Crippen molar-refractivity contribution in [1.82, 2.24) is 5.32 Å². The number of anilines is 2. The fourth-order valence-electron chi connectivity index (χ4n) is 3.74. The highest BCUT2D eigenvalue weighted by Crippen LogP contribution is 2.34. The van der Waals surface area contributed by atoms with E-state index < -0.39 is 5.97 Å². The normalized spacial score (nSPS) is 10.6. The predicted octanol–water partition coefficient (Wildman–Crippen LogP) is 5.55. The van der Waals surface area contributed by atoms with Crippen LogP contribution in [0.4, 0.5) is 16.2 Å². The van der Waals surface area contributed by atoms with Gasteiger partial charge in [0, 0.05) is 50.0 Å². The zero-order chi connectivity index (χ0) is 23.5. The second-order valence-electron chi connectivity index (χ2n) is 7.97. The summed E-state index contributed by atoms with van der Waals surface area (Å²) < 4.78 is 0. The van der Waals surface area contributed by atoms with Gasteiger partial charge in [-0.25, -0.2) is 4.79 Å².